The average molecular weight is 326 g/mol. The van der Waals surface area contributed by atoms with E-state index in [1.165, 1.54) is 10.5 Å². The van der Waals surface area contributed by atoms with Crippen molar-refractivity contribution in [3.8, 4) is 0 Å². The summed E-state index contributed by atoms with van der Waals surface area (Å²) in [5.74, 6) is 0.925. The fourth-order valence-corrected chi connectivity index (χ4v) is 2.71. The Balaban J connectivity index is 2.32. The van der Waals surface area contributed by atoms with Crippen molar-refractivity contribution in [3.05, 3.63) is 52.4 Å². The van der Waals surface area contributed by atoms with Crippen molar-refractivity contribution in [2.24, 2.45) is 0 Å². The van der Waals surface area contributed by atoms with Gasteiger partial charge >= 0.3 is 0 Å². The van der Waals surface area contributed by atoms with Gasteiger partial charge in [-0.3, -0.25) is 0 Å². The molecule has 2 rings (SSSR count). The fourth-order valence-electron chi connectivity index (χ4n) is 1.87. The van der Waals surface area contributed by atoms with Crippen LogP contribution in [0.5, 0.6) is 0 Å². The first-order valence-corrected chi connectivity index (χ1v) is 7.88. The second-order valence-corrected chi connectivity index (χ2v) is 5.63. The first-order chi connectivity index (χ1) is 8.76. The van der Waals surface area contributed by atoms with E-state index in [-0.39, 0.29) is 6.04 Å². The average Bonchev–Trinajstić information content (AvgIpc) is 2.82. The van der Waals surface area contributed by atoms with Crippen molar-refractivity contribution in [3.63, 3.8) is 0 Å². The standard InChI is InChI=1S/C14H16BrNOS/c1-3-16-13(14-12(15)8-9-17-14)10-4-6-11(18-2)7-5-10/h4-9,13,16H,3H2,1-2H3. The van der Waals surface area contributed by atoms with E-state index in [1.54, 1.807) is 18.0 Å². The highest BCUT2D eigenvalue weighted by Gasteiger charge is 2.18. The van der Waals surface area contributed by atoms with Crippen molar-refractivity contribution in [1.82, 2.24) is 5.32 Å². The van der Waals surface area contributed by atoms with E-state index in [1.807, 2.05) is 6.07 Å². The van der Waals surface area contributed by atoms with Crippen LogP contribution in [-0.4, -0.2) is 12.8 Å². The summed E-state index contributed by atoms with van der Waals surface area (Å²) < 4.78 is 6.58. The molecule has 1 heterocycles. The van der Waals surface area contributed by atoms with Crippen LogP contribution in [-0.2, 0) is 0 Å². The third kappa shape index (κ3) is 2.99. The van der Waals surface area contributed by atoms with Crippen LogP contribution in [0, 0.1) is 0 Å². The van der Waals surface area contributed by atoms with Gasteiger partial charge in [0, 0.05) is 4.90 Å². The van der Waals surface area contributed by atoms with Gasteiger partial charge in [0.15, 0.2) is 0 Å². The predicted molar refractivity (Wildman–Crippen MR) is 80.2 cm³/mol. The molecule has 0 saturated heterocycles. The molecule has 1 aromatic carbocycles. The first-order valence-electron chi connectivity index (χ1n) is 5.86. The third-order valence-electron chi connectivity index (χ3n) is 2.76. The third-order valence-corrected chi connectivity index (χ3v) is 4.16. The second-order valence-electron chi connectivity index (χ2n) is 3.90. The van der Waals surface area contributed by atoms with E-state index in [9.17, 15) is 0 Å². The maximum atomic E-state index is 5.58. The monoisotopic (exact) mass is 325 g/mol. The van der Waals surface area contributed by atoms with E-state index in [4.69, 9.17) is 4.42 Å². The van der Waals surface area contributed by atoms with Crippen LogP contribution < -0.4 is 5.32 Å². The number of benzene rings is 1. The fraction of sp³-hybridized carbons (Fsp3) is 0.286. The Morgan fingerprint density at radius 2 is 2.00 bits per heavy atom. The van der Waals surface area contributed by atoms with Gasteiger partial charge in [-0.05, 0) is 52.5 Å². The number of furan rings is 1. The molecule has 0 spiro atoms. The van der Waals surface area contributed by atoms with Crippen molar-refractivity contribution < 1.29 is 4.42 Å². The molecule has 0 amide bonds. The van der Waals surface area contributed by atoms with Crippen molar-refractivity contribution in [2.45, 2.75) is 17.9 Å². The van der Waals surface area contributed by atoms with Crippen molar-refractivity contribution >= 4 is 27.7 Å². The van der Waals surface area contributed by atoms with Gasteiger partial charge in [-0.1, -0.05) is 19.1 Å². The van der Waals surface area contributed by atoms with Gasteiger partial charge < -0.3 is 9.73 Å². The summed E-state index contributed by atoms with van der Waals surface area (Å²) in [5, 5.41) is 3.45. The Kier molecular flexibility index (Phi) is 4.92. The van der Waals surface area contributed by atoms with Gasteiger partial charge in [0.2, 0.25) is 0 Å². The van der Waals surface area contributed by atoms with Crippen LogP contribution in [0.1, 0.15) is 24.3 Å². The van der Waals surface area contributed by atoms with E-state index < -0.39 is 0 Å². The molecule has 0 aliphatic rings. The molecule has 0 aliphatic heterocycles. The topological polar surface area (TPSA) is 25.2 Å². The summed E-state index contributed by atoms with van der Waals surface area (Å²) >= 11 is 5.27. The molecule has 1 aromatic heterocycles. The zero-order chi connectivity index (χ0) is 13.0. The first kappa shape index (κ1) is 13.7. The number of hydrogen-bond acceptors (Lipinski definition) is 3. The number of thioether (sulfide) groups is 1. The molecule has 0 bridgehead atoms. The van der Waals surface area contributed by atoms with Crippen LogP contribution in [0.2, 0.25) is 0 Å². The lowest BCUT2D eigenvalue weighted by atomic mass is 10.0. The summed E-state index contributed by atoms with van der Waals surface area (Å²) in [7, 11) is 0. The Hall–Kier alpha value is -0.710. The molecule has 96 valence electrons. The van der Waals surface area contributed by atoms with Gasteiger partial charge in [-0.15, -0.1) is 11.8 Å². The van der Waals surface area contributed by atoms with E-state index in [2.05, 4.69) is 58.7 Å². The summed E-state index contributed by atoms with van der Waals surface area (Å²) in [6, 6.07) is 10.6. The zero-order valence-corrected chi connectivity index (χ0v) is 12.8. The van der Waals surface area contributed by atoms with Crippen LogP contribution in [0.25, 0.3) is 0 Å². The Morgan fingerprint density at radius 1 is 1.28 bits per heavy atom. The lowest BCUT2D eigenvalue weighted by Crippen LogP contribution is -2.21. The normalized spacial score (nSPS) is 12.6. The summed E-state index contributed by atoms with van der Waals surface area (Å²) in [4.78, 5) is 1.27. The van der Waals surface area contributed by atoms with Crippen LogP contribution in [0.3, 0.4) is 0 Å². The number of halogens is 1. The molecule has 0 aliphatic carbocycles. The molecule has 1 atom stereocenters. The van der Waals surface area contributed by atoms with Crippen LogP contribution in [0.15, 0.2) is 50.4 Å². The van der Waals surface area contributed by atoms with Crippen molar-refractivity contribution in [2.75, 3.05) is 12.8 Å². The molecule has 2 aromatic rings. The minimum Gasteiger partial charge on any atom is -0.466 e. The van der Waals surface area contributed by atoms with Crippen LogP contribution >= 0.6 is 27.7 Å². The number of rotatable bonds is 5. The minimum absolute atomic E-state index is 0.0929. The largest absolute Gasteiger partial charge is 0.466 e. The maximum absolute atomic E-state index is 5.58. The summed E-state index contributed by atoms with van der Waals surface area (Å²) in [6.45, 7) is 2.99. The van der Waals surface area contributed by atoms with Crippen LogP contribution in [0.4, 0.5) is 0 Å². The smallest absolute Gasteiger partial charge is 0.139 e. The molecule has 1 unspecified atom stereocenters. The molecule has 0 saturated carbocycles. The lowest BCUT2D eigenvalue weighted by molar-refractivity contribution is 0.450. The Labute approximate surface area is 120 Å². The Morgan fingerprint density at radius 3 is 2.50 bits per heavy atom. The summed E-state index contributed by atoms with van der Waals surface area (Å²) in [5.41, 5.74) is 1.21. The van der Waals surface area contributed by atoms with Gasteiger partial charge in [0.25, 0.3) is 0 Å². The van der Waals surface area contributed by atoms with Gasteiger partial charge in [-0.2, -0.15) is 0 Å². The number of nitrogens with one attached hydrogen (secondary N) is 1. The molecule has 18 heavy (non-hydrogen) atoms. The molecule has 4 heteroatoms. The highest BCUT2D eigenvalue weighted by Crippen LogP contribution is 2.30. The zero-order valence-electron chi connectivity index (χ0n) is 10.4. The predicted octanol–water partition coefficient (Wildman–Crippen LogP) is 4.46. The second kappa shape index (κ2) is 6.45. The highest BCUT2D eigenvalue weighted by molar-refractivity contribution is 9.10. The Bertz CT molecular complexity index is 495. The highest BCUT2D eigenvalue weighted by atomic mass is 79.9. The number of hydrogen-bond donors (Lipinski definition) is 1. The van der Waals surface area contributed by atoms with E-state index in [0.29, 0.717) is 0 Å². The van der Waals surface area contributed by atoms with E-state index >= 15 is 0 Å². The molecule has 0 fully saturated rings. The van der Waals surface area contributed by atoms with Gasteiger partial charge in [0.1, 0.15) is 5.76 Å². The van der Waals surface area contributed by atoms with Crippen molar-refractivity contribution in [1.29, 1.82) is 0 Å². The molecule has 0 radical (unpaired) electrons. The molecular weight excluding hydrogens is 310 g/mol. The van der Waals surface area contributed by atoms with Gasteiger partial charge in [-0.25, -0.2) is 0 Å². The molecular formula is C14H16BrNOS. The minimum atomic E-state index is 0.0929. The maximum Gasteiger partial charge on any atom is 0.139 e. The molecule has 1 N–H and O–H groups in total. The van der Waals surface area contributed by atoms with E-state index in [0.717, 1.165) is 16.8 Å². The SMILES string of the molecule is CCNC(c1ccc(SC)cc1)c1occc1Br. The lowest BCUT2D eigenvalue weighted by Gasteiger charge is -2.17. The van der Waals surface area contributed by atoms with Gasteiger partial charge in [0.05, 0.1) is 16.8 Å². The quantitative estimate of drug-likeness (QED) is 0.821. The molecule has 2 nitrogen and oxygen atoms in total. The summed E-state index contributed by atoms with van der Waals surface area (Å²) in [6.07, 6.45) is 3.79.